The number of benzene rings is 2. The lowest BCUT2D eigenvalue weighted by atomic mass is 9.75. The van der Waals surface area contributed by atoms with Gasteiger partial charge in [-0.3, -0.25) is 4.99 Å². The highest BCUT2D eigenvalue weighted by molar-refractivity contribution is 6.14. The van der Waals surface area contributed by atoms with E-state index in [1.54, 1.807) is 0 Å². The van der Waals surface area contributed by atoms with Crippen LogP contribution in [0.3, 0.4) is 0 Å². The molecule has 24 heavy (non-hydrogen) atoms. The van der Waals surface area contributed by atoms with E-state index in [4.69, 9.17) is 9.98 Å². The van der Waals surface area contributed by atoms with Gasteiger partial charge in [0.2, 0.25) is 0 Å². The molecule has 2 heteroatoms. The lowest BCUT2D eigenvalue weighted by Crippen LogP contribution is -2.33. The second-order valence-corrected chi connectivity index (χ2v) is 7.26. The molecule has 1 aliphatic heterocycles. The van der Waals surface area contributed by atoms with Crippen molar-refractivity contribution >= 4 is 16.6 Å². The minimum Gasteiger partial charge on any atom is -0.276 e. The first-order valence-electron chi connectivity index (χ1n) is 8.53. The van der Waals surface area contributed by atoms with Crippen molar-refractivity contribution in [3.8, 4) is 0 Å². The number of pyridine rings is 1. The molecule has 1 aromatic heterocycles. The topological polar surface area (TPSA) is 25.2 Å². The van der Waals surface area contributed by atoms with Gasteiger partial charge in [0.15, 0.2) is 0 Å². The van der Waals surface area contributed by atoms with Gasteiger partial charge in [0.25, 0.3) is 0 Å². The molecule has 0 aliphatic carbocycles. The molecule has 0 amide bonds. The van der Waals surface area contributed by atoms with Crippen molar-refractivity contribution in [3.05, 3.63) is 77.0 Å². The number of nitrogens with zero attached hydrogens (tertiary/aromatic N) is 2. The van der Waals surface area contributed by atoms with Crippen LogP contribution in [0.1, 0.15) is 49.1 Å². The van der Waals surface area contributed by atoms with Crippen LogP contribution in [0.2, 0.25) is 0 Å². The number of aryl methyl sites for hydroxylation is 1. The fourth-order valence-electron chi connectivity index (χ4n) is 3.65. The maximum atomic E-state index is 5.11. The summed E-state index contributed by atoms with van der Waals surface area (Å²) in [5.74, 6) is 0.387. The molecule has 3 aromatic rings. The van der Waals surface area contributed by atoms with Crippen molar-refractivity contribution in [3.63, 3.8) is 0 Å². The molecule has 0 radical (unpaired) electrons. The third-order valence-electron chi connectivity index (χ3n) is 5.31. The third kappa shape index (κ3) is 2.25. The van der Waals surface area contributed by atoms with Gasteiger partial charge < -0.3 is 0 Å². The molecular formula is C22H22N2. The first kappa shape index (κ1) is 15.1. The molecule has 1 atom stereocenters. The summed E-state index contributed by atoms with van der Waals surface area (Å²) < 4.78 is 0. The molecule has 2 nitrogen and oxygen atoms in total. The van der Waals surface area contributed by atoms with Gasteiger partial charge >= 0.3 is 0 Å². The average molecular weight is 314 g/mol. The Morgan fingerprint density at radius 3 is 2.54 bits per heavy atom. The molecule has 0 saturated heterocycles. The van der Waals surface area contributed by atoms with E-state index in [0.717, 1.165) is 22.3 Å². The van der Waals surface area contributed by atoms with E-state index >= 15 is 0 Å². The maximum absolute atomic E-state index is 5.11. The van der Waals surface area contributed by atoms with E-state index in [1.165, 1.54) is 16.7 Å². The molecule has 0 fully saturated rings. The highest BCUT2D eigenvalue weighted by Gasteiger charge is 2.35. The van der Waals surface area contributed by atoms with E-state index in [2.05, 4.69) is 70.2 Å². The Balaban J connectivity index is 1.97. The number of aromatic nitrogens is 1. The highest BCUT2D eigenvalue weighted by atomic mass is 14.9. The summed E-state index contributed by atoms with van der Waals surface area (Å²) in [6, 6.07) is 19.0. The van der Waals surface area contributed by atoms with Gasteiger partial charge in [-0.05, 0) is 44.0 Å². The lowest BCUT2D eigenvalue weighted by molar-refractivity contribution is 0.430. The predicted molar refractivity (Wildman–Crippen MR) is 101 cm³/mol. The quantitative estimate of drug-likeness (QED) is 0.600. The summed E-state index contributed by atoms with van der Waals surface area (Å²) in [5, 5.41) is 1.16. The Kier molecular flexibility index (Phi) is 3.31. The van der Waals surface area contributed by atoms with Crippen molar-refractivity contribution in [1.82, 2.24) is 4.98 Å². The van der Waals surface area contributed by atoms with Crippen LogP contribution in [-0.2, 0) is 0 Å². The number of rotatable bonds is 1. The molecule has 0 N–H and O–H groups in total. The first-order valence-corrected chi connectivity index (χ1v) is 8.53. The molecular weight excluding hydrogens is 292 g/mol. The molecule has 1 aliphatic rings. The molecule has 4 rings (SSSR count). The fraction of sp³-hybridized carbons (Fsp3) is 0.273. The SMILES string of the molecule is Cc1cccc2c1C(C)C(C)(C)N=C2c1ccc2ccccc2n1. The molecule has 0 saturated carbocycles. The molecule has 0 bridgehead atoms. The summed E-state index contributed by atoms with van der Waals surface area (Å²) in [5.41, 5.74) is 6.82. The standard InChI is InChI=1S/C22H22N2/c1-14-8-7-10-17-20(14)15(2)22(3,4)24-21(17)19-13-12-16-9-5-6-11-18(16)23-19/h5-13,15H,1-4H3. The summed E-state index contributed by atoms with van der Waals surface area (Å²) in [4.78, 5) is 10.00. The molecule has 120 valence electrons. The first-order chi connectivity index (χ1) is 11.5. The minimum absolute atomic E-state index is 0.137. The largest absolute Gasteiger partial charge is 0.276 e. The number of hydrogen-bond donors (Lipinski definition) is 0. The van der Waals surface area contributed by atoms with Crippen LogP contribution >= 0.6 is 0 Å². The molecule has 0 spiro atoms. The zero-order valence-electron chi connectivity index (χ0n) is 14.7. The Labute approximate surface area is 143 Å². The van der Waals surface area contributed by atoms with Gasteiger partial charge in [0, 0.05) is 16.9 Å². The minimum atomic E-state index is -0.137. The fourth-order valence-corrected chi connectivity index (χ4v) is 3.65. The van der Waals surface area contributed by atoms with E-state index < -0.39 is 0 Å². The average Bonchev–Trinajstić information content (AvgIpc) is 2.58. The van der Waals surface area contributed by atoms with Crippen LogP contribution in [0.15, 0.2) is 59.6 Å². The zero-order chi connectivity index (χ0) is 16.9. The van der Waals surface area contributed by atoms with Crippen LogP contribution in [0.5, 0.6) is 0 Å². The molecule has 2 aromatic carbocycles. The maximum Gasteiger partial charge on any atom is 0.0913 e. The number of hydrogen-bond acceptors (Lipinski definition) is 2. The van der Waals surface area contributed by atoms with Gasteiger partial charge in [-0.15, -0.1) is 0 Å². The number of aliphatic imine (C=N–C) groups is 1. The summed E-state index contributed by atoms with van der Waals surface area (Å²) >= 11 is 0. The number of para-hydroxylation sites is 1. The van der Waals surface area contributed by atoms with E-state index in [1.807, 2.05) is 12.1 Å². The van der Waals surface area contributed by atoms with Gasteiger partial charge in [0.1, 0.15) is 0 Å². The Bertz CT molecular complexity index is 967. The summed E-state index contributed by atoms with van der Waals surface area (Å²) in [7, 11) is 0. The van der Waals surface area contributed by atoms with Gasteiger partial charge in [-0.25, -0.2) is 4.98 Å². The van der Waals surface area contributed by atoms with Gasteiger partial charge in [-0.2, -0.15) is 0 Å². The lowest BCUT2D eigenvalue weighted by Gasteiger charge is -2.36. The van der Waals surface area contributed by atoms with Crippen LogP contribution in [0.25, 0.3) is 10.9 Å². The van der Waals surface area contributed by atoms with Crippen LogP contribution in [0, 0.1) is 6.92 Å². The van der Waals surface area contributed by atoms with Crippen molar-refractivity contribution < 1.29 is 0 Å². The van der Waals surface area contributed by atoms with Crippen LogP contribution in [0.4, 0.5) is 0 Å². The summed E-state index contributed by atoms with van der Waals surface area (Å²) in [6.45, 7) is 8.91. The highest BCUT2D eigenvalue weighted by Crippen LogP contribution is 2.40. The Morgan fingerprint density at radius 1 is 0.917 bits per heavy atom. The van der Waals surface area contributed by atoms with Crippen molar-refractivity contribution in [2.24, 2.45) is 4.99 Å². The second kappa shape index (κ2) is 5.27. The Morgan fingerprint density at radius 2 is 1.71 bits per heavy atom. The van der Waals surface area contributed by atoms with Gasteiger partial charge in [0.05, 0.1) is 22.5 Å². The van der Waals surface area contributed by atoms with Crippen LogP contribution < -0.4 is 0 Å². The smallest absolute Gasteiger partial charge is 0.0913 e. The van der Waals surface area contributed by atoms with Crippen molar-refractivity contribution in [1.29, 1.82) is 0 Å². The number of fused-ring (bicyclic) bond motifs is 2. The Hall–Kier alpha value is -2.48. The monoisotopic (exact) mass is 314 g/mol. The normalized spacial score (nSPS) is 19.0. The van der Waals surface area contributed by atoms with Crippen LogP contribution in [-0.4, -0.2) is 16.2 Å². The molecule has 2 heterocycles. The third-order valence-corrected chi connectivity index (χ3v) is 5.31. The zero-order valence-corrected chi connectivity index (χ0v) is 14.7. The van der Waals surface area contributed by atoms with Crippen molar-refractivity contribution in [2.75, 3.05) is 0 Å². The summed E-state index contributed by atoms with van der Waals surface area (Å²) in [6.07, 6.45) is 0. The van der Waals surface area contributed by atoms with E-state index in [0.29, 0.717) is 5.92 Å². The van der Waals surface area contributed by atoms with E-state index in [9.17, 15) is 0 Å². The van der Waals surface area contributed by atoms with Crippen molar-refractivity contribution in [2.45, 2.75) is 39.2 Å². The van der Waals surface area contributed by atoms with Gasteiger partial charge in [-0.1, -0.05) is 49.4 Å². The van der Waals surface area contributed by atoms with E-state index in [-0.39, 0.29) is 5.54 Å². The molecule has 1 unspecified atom stereocenters. The predicted octanol–water partition coefficient (Wildman–Crippen LogP) is 5.28. The second-order valence-electron chi connectivity index (χ2n) is 7.26.